The quantitative estimate of drug-likeness (QED) is 0.362. The summed E-state index contributed by atoms with van der Waals surface area (Å²) in [5, 5.41) is 0. The second-order valence-electron chi connectivity index (χ2n) is 0.483. The fourth-order valence-electron chi connectivity index (χ4n) is 0. The van der Waals surface area contributed by atoms with Crippen molar-refractivity contribution < 1.29 is 8.76 Å². The smallest absolute Gasteiger partial charge is 0.254 e. The molecule has 0 heterocycles. The highest BCUT2D eigenvalue weighted by molar-refractivity contribution is 8.07. The number of hydrogen-bond donors (Lipinski definition) is 3. The number of nitrogens with zero attached hydrogens (tertiary/aromatic N) is 1. The largest absolute Gasteiger partial charge is 0.292 e. The van der Waals surface area contributed by atoms with Gasteiger partial charge in [-0.15, -0.1) is 0 Å². The Morgan fingerprint density at radius 3 is 1.83 bits per heavy atom. The van der Waals surface area contributed by atoms with Crippen LogP contribution in [0, 0.1) is 0 Å². The summed E-state index contributed by atoms with van der Waals surface area (Å²) in [6.45, 7) is 0. The average Bonchev–Trinajstić information content (AvgIpc) is 1.36. The minimum atomic E-state index is -2.06. The van der Waals surface area contributed by atoms with E-state index in [1.54, 1.807) is 0 Å². The van der Waals surface area contributed by atoms with Gasteiger partial charge >= 0.3 is 0 Å². The molecule has 0 amide bonds. The highest BCUT2D eigenvalue weighted by Gasteiger charge is 1.93. The van der Waals surface area contributed by atoms with Gasteiger partial charge in [-0.05, 0) is 0 Å². The topological polar surface area (TPSA) is 40.5 Å². The molecule has 6 heavy (non-hydrogen) atoms. The van der Waals surface area contributed by atoms with Crippen LogP contribution in [0.2, 0.25) is 0 Å². The molecule has 0 aliphatic heterocycles. The molecule has 0 radical (unpaired) electrons. The zero-order valence-electron chi connectivity index (χ0n) is 2.61. The Balaban J connectivity index is 3.26. The van der Waals surface area contributed by atoms with Gasteiger partial charge in [0, 0.05) is 0 Å². The zero-order chi connectivity index (χ0) is 5.15. The fourth-order valence-corrected chi connectivity index (χ4v) is 0. The van der Waals surface area contributed by atoms with Crippen LogP contribution in [0.15, 0.2) is 0 Å². The summed E-state index contributed by atoms with van der Waals surface area (Å²) in [7, 11) is 0. The van der Waals surface area contributed by atoms with Gasteiger partial charge in [0.25, 0.3) is 11.3 Å². The lowest BCUT2D eigenvalue weighted by atomic mass is 13.8. The summed E-state index contributed by atoms with van der Waals surface area (Å²) in [4.78, 5) is 0. The number of thiol groups is 2. The lowest BCUT2D eigenvalue weighted by molar-refractivity contribution is 0.550. The lowest BCUT2D eigenvalue weighted by Crippen LogP contribution is -1.99. The summed E-state index contributed by atoms with van der Waals surface area (Å²) in [6.07, 6.45) is 0. The molecule has 0 bridgehead atoms. The first-order chi connectivity index (χ1) is 2.64. The first-order valence-electron chi connectivity index (χ1n) is 0.932. The van der Waals surface area contributed by atoms with E-state index in [-0.39, 0.29) is 0 Å². The van der Waals surface area contributed by atoms with Gasteiger partial charge < -0.3 is 0 Å². The van der Waals surface area contributed by atoms with E-state index in [4.69, 9.17) is 4.55 Å². The first kappa shape index (κ1) is 6.77. The molecular formula is H3NO2S3. The average molecular weight is 145 g/mol. The summed E-state index contributed by atoms with van der Waals surface area (Å²) in [5.74, 6) is 0. The van der Waals surface area contributed by atoms with Crippen LogP contribution >= 0.6 is 25.6 Å². The Labute approximate surface area is 49.2 Å². The molecule has 0 fully saturated rings. The molecule has 3 nitrogen and oxygen atoms in total. The van der Waals surface area contributed by atoms with Crippen LogP contribution < -0.4 is 0 Å². The molecule has 0 aromatic carbocycles. The van der Waals surface area contributed by atoms with Crippen molar-refractivity contribution in [3.63, 3.8) is 0 Å². The molecule has 0 saturated carbocycles. The maximum Gasteiger partial charge on any atom is 0.254 e. The molecule has 0 saturated heterocycles. The van der Waals surface area contributed by atoms with Gasteiger partial charge in [-0.2, -0.15) is 0 Å². The van der Waals surface area contributed by atoms with Crippen molar-refractivity contribution in [3.8, 4) is 0 Å². The molecule has 0 aliphatic rings. The Morgan fingerprint density at radius 2 is 1.83 bits per heavy atom. The third kappa shape index (κ3) is 2.98. The van der Waals surface area contributed by atoms with E-state index in [0.29, 0.717) is 3.12 Å². The van der Waals surface area contributed by atoms with E-state index < -0.39 is 11.3 Å². The zero-order valence-corrected chi connectivity index (χ0v) is 5.21. The van der Waals surface area contributed by atoms with Crippen LogP contribution in [0.5, 0.6) is 0 Å². The SMILES string of the molecule is O=S(O)N(S)S. The van der Waals surface area contributed by atoms with Crippen molar-refractivity contribution in [1.29, 1.82) is 0 Å². The second kappa shape index (κ2) is 2.86. The van der Waals surface area contributed by atoms with E-state index in [1.165, 1.54) is 0 Å². The van der Waals surface area contributed by atoms with Crippen LogP contribution in [0.3, 0.4) is 0 Å². The van der Waals surface area contributed by atoms with Crippen LogP contribution in [0.1, 0.15) is 0 Å². The van der Waals surface area contributed by atoms with Crippen molar-refractivity contribution >= 4 is 36.9 Å². The second-order valence-corrected chi connectivity index (χ2v) is 2.97. The number of rotatable bonds is 1. The first-order valence-corrected chi connectivity index (χ1v) is 2.80. The van der Waals surface area contributed by atoms with Crippen molar-refractivity contribution in [2.75, 3.05) is 0 Å². The normalized spacial score (nSPS) is 15.3. The van der Waals surface area contributed by atoms with E-state index in [9.17, 15) is 4.21 Å². The highest BCUT2D eigenvalue weighted by Crippen LogP contribution is 1.97. The van der Waals surface area contributed by atoms with Crippen molar-refractivity contribution in [2.45, 2.75) is 0 Å². The summed E-state index contributed by atoms with van der Waals surface area (Å²) in [6, 6.07) is 0. The van der Waals surface area contributed by atoms with Gasteiger partial charge in [0.05, 0.1) is 0 Å². The molecule has 0 aromatic rings. The van der Waals surface area contributed by atoms with Gasteiger partial charge in [0.15, 0.2) is 0 Å². The fraction of sp³-hybridized carbons (Fsp3) is 0. The molecule has 0 aliphatic carbocycles. The third-order valence-corrected chi connectivity index (χ3v) is 1.26. The molecule has 0 aromatic heterocycles. The molecule has 0 spiro atoms. The molecule has 1 N–H and O–H groups in total. The third-order valence-electron chi connectivity index (χ3n) is 0.140. The van der Waals surface area contributed by atoms with Crippen LogP contribution in [0.4, 0.5) is 0 Å². The van der Waals surface area contributed by atoms with Crippen molar-refractivity contribution in [2.24, 2.45) is 0 Å². The van der Waals surface area contributed by atoms with Gasteiger partial charge in [-0.1, -0.05) is 28.7 Å². The van der Waals surface area contributed by atoms with Crippen LogP contribution in [-0.4, -0.2) is 11.9 Å². The maximum absolute atomic E-state index is 9.58. The predicted octanol–water partition coefficient (Wildman–Crippen LogP) is 0.115. The summed E-state index contributed by atoms with van der Waals surface area (Å²) >= 11 is 4.62. The molecule has 6 heteroatoms. The predicted molar refractivity (Wildman–Crippen MR) is 30.6 cm³/mol. The monoisotopic (exact) mass is 145 g/mol. The highest BCUT2D eigenvalue weighted by atomic mass is 32.3. The van der Waals surface area contributed by atoms with E-state index >= 15 is 0 Å². The van der Waals surface area contributed by atoms with E-state index in [0.717, 1.165) is 0 Å². The van der Waals surface area contributed by atoms with E-state index in [2.05, 4.69) is 25.6 Å². The van der Waals surface area contributed by atoms with Gasteiger partial charge in [0.2, 0.25) is 0 Å². The molecule has 0 rings (SSSR count). The molecule has 1 atom stereocenters. The molecule has 38 valence electrons. The standard InChI is InChI=1S/H3NO2S3/c2-6(3)1(4)5/h4-5H,(H,2,3). The summed E-state index contributed by atoms with van der Waals surface area (Å²) in [5.41, 5.74) is 0. The van der Waals surface area contributed by atoms with Crippen LogP contribution in [0.25, 0.3) is 0 Å². The Morgan fingerprint density at radius 1 is 1.67 bits per heavy atom. The van der Waals surface area contributed by atoms with Crippen molar-refractivity contribution in [3.05, 3.63) is 0 Å². The molecule has 1 unspecified atom stereocenters. The Hall–Kier alpha value is 0.770. The minimum absolute atomic E-state index is 0.583. The van der Waals surface area contributed by atoms with Crippen LogP contribution in [-0.2, 0) is 11.3 Å². The Kier molecular flexibility index (Phi) is 3.23. The van der Waals surface area contributed by atoms with Gasteiger partial charge in [-0.3, -0.25) is 4.55 Å². The summed E-state index contributed by atoms with van der Waals surface area (Å²) < 4.78 is 18.0. The van der Waals surface area contributed by atoms with E-state index in [1.807, 2.05) is 0 Å². The Bertz CT molecular complexity index is 59.8. The minimum Gasteiger partial charge on any atom is -0.292 e. The van der Waals surface area contributed by atoms with Gasteiger partial charge in [-0.25, -0.2) is 4.21 Å². The number of hydrogen-bond acceptors (Lipinski definition) is 3. The maximum atomic E-state index is 9.58. The molecular weight excluding hydrogens is 142 g/mol. The van der Waals surface area contributed by atoms with Crippen molar-refractivity contribution in [1.82, 2.24) is 3.12 Å². The lowest BCUT2D eigenvalue weighted by Gasteiger charge is -1.94. The van der Waals surface area contributed by atoms with Gasteiger partial charge in [0.1, 0.15) is 0 Å².